The van der Waals surface area contributed by atoms with Crippen LogP contribution in [0.2, 0.25) is 0 Å². The SMILES string of the molecule is CC1Cc2cc3c(cc2C(=O)C1C)CCC(C)C3C. The predicted molar refractivity (Wildman–Crippen MR) is 78.7 cm³/mol. The van der Waals surface area contributed by atoms with Crippen LogP contribution in [0.25, 0.3) is 0 Å². The summed E-state index contributed by atoms with van der Waals surface area (Å²) in [7, 11) is 0. The van der Waals surface area contributed by atoms with E-state index in [1.165, 1.54) is 23.1 Å². The molecular formula is C18H24O. The second-order valence-corrected chi connectivity index (χ2v) is 6.85. The molecule has 0 amide bonds. The fraction of sp³-hybridized carbons (Fsp3) is 0.611. The van der Waals surface area contributed by atoms with Gasteiger partial charge in [-0.2, -0.15) is 0 Å². The Morgan fingerprint density at radius 1 is 0.947 bits per heavy atom. The summed E-state index contributed by atoms with van der Waals surface area (Å²) in [6, 6.07) is 4.57. The number of Topliss-reactive ketones (excluding diaryl/α,β-unsaturated/α-hetero) is 1. The average Bonchev–Trinajstić information content (AvgIpc) is 2.40. The highest BCUT2D eigenvalue weighted by atomic mass is 16.1. The quantitative estimate of drug-likeness (QED) is 0.673. The van der Waals surface area contributed by atoms with Gasteiger partial charge in [0.1, 0.15) is 0 Å². The van der Waals surface area contributed by atoms with E-state index in [0.717, 1.165) is 24.3 Å². The first-order chi connectivity index (χ1) is 8.99. The van der Waals surface area contributed by atoms with Crippen LogP contribution in [0.15, 0.2) is 12.1 Å². The molecule has 1 aromatic carbocycles. The number of hydrogen-bond acceptors (Lipinski definition) is 1. The number of benzene rings is 1. The van der Waals surface area contributed by atoms with Crippen LogP contribution in [-0.4, -0.2) is 5.78 Å². The first-order valence-corrected chi connectivity index (χ1v) is 7.69. The molecular weight excluding hydrogens is 232 g/mol. The van der Waals surface area contributed by atoms with Gasteiger partial charge < -0.3 is 0 Å². The molecule has 4 unspecified atom stereocenters. The molecule has 2 aliphatic rings. The second kappa shape index (κ2) is 4.47. The number of fused-ring (bicyclic) bond motifs is 2. The monoisotopic (exact) mass is 256 g/mol. The highest BCUT2D eigenvalue weighted by molar-refractivity contribution is 6.00. The van der Waals surface area contributed by atoms with Gasteiger partial charge in [0, 0.05) is 11.5 Å². The van der Waals surface area contributed by atoms with Crippen molar-refractivity contribution in [2.24, 2.45) is 17.8 Å². The molecule has 1 heteroatoms. The molecule has 0 saturated carbocycles. The number of ketones is 1. The zero-order chi connectivity index (χ0) is 13.7. The maximum atomic E-state index is 12.5. The third-order valence-corrected chi connectivity index (χ3v) is 5.65. The molecule has 102 valence electrons. The molecule has 0 bridgehead atoms. The summed E-state index contributed by atoms with van der Waals surface area (Å²) in [6.45, 7) is 8.98. The Bertz CT molecular complexity index is 529. The van der Waals surface area contributed by atoms with Crippen LogP contribution in [0.3, 0.4) is 0 Å². The number of carbonyl (C=O) groups is 1. The molecule has 0 spiro atoms. The van der Waals surface area contributed by atoms with Crippen molar-refractivity contribution in [2.75, 3.05) is 0 Å². The second-order valence-electron chi connectivity index (χ2n) is 6.85. The molecule has 0 aromatic heterocycles. The van der Waals surface area contributed by atoms with Crippen LogP contribution in [0.5, 0.6) is 0 Å². The molecule has 1 nitrogen and oxygen atoms in total. The summed E-state index contributed by atoms with van der Waals surface area (Å²) in [4.78, 5) is 12.5. The van der Waals surface area contributed by atoms with E-state index < -0.39 is 0 Å². The summed E-state index contributed by atoms with van der Waals surface area (Å²) < 4.78 is 0. The number of aryl methyl sites for hydroxylation is 1. The van der Waals surface area contributed by atoms with E-state index in [-0.39, 0.29) is 5.92 Å². The minimum absolute atomic E-state index is 0.186. The fourth-order valence-corrected chi connectivity index (χ4v) is 3.71. The Balaban J connectivity index is 2.10. The van der Waals surface area contributed by atoms with E-state index in [9.17, 15) is 4.79 Å². The molecule has 2 aliphatic carbocycles. The molecule has 0 heterocycles. The van der Waals surface area contributed by atoms with Gasteiger partial charge in [-0.1, -0.05) is 33.8 Å². The van der Waals surface area contributed by atoms with Crippen molar-refractivity contribution in [3.05, 3.63) is 34.4 Å². The van der Waals surface area contributed by atoms with Crippen LogP contribution >= 0.6 is 0 Å². The van der Waals surface area contributed by atoms with Gasteiger partial charge in [0.25, 0.3) is 0 Å². The van der Waals surface area contributed by atoms with Crippen molar-refractivity contribution in [3.63, 3.8) is 0 Å². The molecule has 4 atom stereocenters. The smallest absolute Gasteiger partial charge is 0.166 e. The van der Waals surface area contributed by atoms with E-state index in [1.54, 1.807) is 0 Å². The summed E-state index contributed by atoms with van der Waals surface area (Å²) in [6.07, 6.45) is 3.47. The number of rotatable bonds is 0. The summed E-state index contributed by atoms with van der Waals surface area (Å²) in [5.74, 6) is 2.43. The highest BCUT2D eigenvalue weighted by Crippen LogP contribution is 2.39. The van der Waals surface area contributed by atoms with Crippen LogP contribution < -0.4 is 0 Å². The highest BCUT2D eigenvalue weighted by Gasteiger charge is 2.32. The molecule has 3 rings (SSSR count). The standard InChI is InChI=1S/C18H24O/c1-10-5-6-14-8-17-15(9-16(14)12(10)3)7-11(2)13(4)18(17)19/h8-13H,5-7H2,1-4H3. The van der Waals surface area contributed by atoms with Crippen LogP contribution in [0.4, 0.5) is 0 Å². The molecule has 0 N–H and O–H groups in total. The Morgan fingerprint density at radius 3 is 2.42 bits per heavy atom. The zero-order valence-corrected chi connectivity index (χ0v) is 12.5. The molecule has 1 aromatic rings. The van der Waals surface area contributed by atoms with E-state index >= 15 is 0 Å². The predicted octanol–water partition coefficient (Wildman–Crippen LogP) is 4.38. The third kappa shape index (κ3) is 1.94. The Kier molecular flexibility index (Phi) is 3.03. The fourth-order valence-electron chi connectivity index (χ4n) is 3.71. The zero-order valence-electron chi connectivity index (χ0n) is 12.5. The molecule has 0 saturated heterocycles. The van der Waals surface area contributed by atoms with Crippen molar-refractivity contribution >= 4 is 5.78 Å². The van der Waals surface area contributed by atoms with Gasteiger partial charge in [0.2, 0.25) is 0 Å². The van der Waals surface area contributed by atoms with Crippen molar-refractivity contribution in [1.29, 1.82) is 0 Å². The number of carbonyl (C=O) groups excluding carboxylic acids is 1. The van der Waals surface area contributed by atoms with E-state index in [0.29, 0.717) is 17.6 Å². The van der Waals surface area contributed by atoms with E-state index in [4.69, 9.17) is 0 Å². The number of hydrogen-bond donors (Lipinski definition) is 0. The minimum Gasteiger partial charge on any atom is -0.294 e. The van der Waals surface area contributed by atoms with Crippen LogP contribution in [-0.2, 0) is 12.8 Å². The average molecular weight is 256 g/mol. The van der Waals surface area contributed by atoms with Crippen molar-refractivity contribution in [2.45, 2.75) is 52.9 Å². The summed E-state index contributed by atoms with van der Waals surface area (Å²) in [5, 5.41) is 0. The summed E-state index contributed by atoms with van der Waals surface area (Å²) >= 11 is 0. The maximum Gasteiger partial charge on any atom is 0.166 e. The van der Waals surface area contributed by atoms with Crippen LogP contribution in [0.1, 0.15) is 67.1 Å². The minimum atomic E-state index is 0.186. The molecule has 0 fully saturated rings. The van der Waals surface area contributed by atoms with Gasteiger partial charge in [-0.05, 0) is 59.8 Å². The lowest BCUT2D eigenvalue weighted by molar-refractivity contribution is 0.0876. The van der Waals surface area contributed by atoms with Crippen molar-refractivity contribution in [3.8, 4) is 0 Å². The van der Waals surface area contributed by atoms with Gasteiger partial charge in [-0.3, -0.25) is 4.79 Å². The molecule has 0 aliphatic heterocycles. The third-order valence-electron chi connectivity index (χ3n) is 5.65. The largest absolute Gasteiger partial charge is 0.294 e. The Labute approximate surface area is 116 Å². The lowest BCUT2D eigenvalue weighted by Crippen LogP contribution is -2.29. The normalized spacial score (nSPS) is 33.8. The first-order valence-electron chi connectivity index (χ1n) is 7.69. The molecule has 19 heavy (non-hydrogen) atoms. The Morgan fingerprint density at radius 2 is 1.68 bits per heavy atom. The van der Waals surface area contributed by atoms with Gasteiger partial charge in [-0.25, -0.2) is 0 Å². The van der Waals surface area contributed by atoms with Crippen molar-refractivity contribution in [1.82, 2.24) is 0 Å². The molecule has 0 radical (unpaired) electrons. The Hall–Kier alpha value is -1.11. The topological polar surface area (TPSA) is 17.1 Å². The van der Waals surface area contributed by atoms with E-state index in [2.05, 4.69) is 39.8 Å². The first kappa shape index (κ1) is 12.9. The lowest BCUT2D eigenvalue weighted by atomic mass is 9.71. The lowest BCUT2D eigenvalue weighted by Gasteiger charge is -2.33. The van der Waals surface area contributed by atoms with Gasteiger partial charge in [-0.15, -0.1) is 0 Å². The van der Waals surface area contributed by atoms with Crippen LogP contribution in [0, 0.1) is 17.8 Å². The van der Waals surface area contributed by atoms with Gasteiger partial charge >= 0.3 is 0 Å². The summed E-state index contributed by atoms with van der Waals surface area (Å²) in [5.41, 5.74) is 5.26. The van der Waals surface area contributed by atoms with E-state index in [1.807, 2.05) is 0 Å². The van der Waals surface area contributed by atoms with Crippen molar-refractivity contribution < 1.29 is 4.79 Å². The van der Waals surface area contributed by atoms with Gasteiger partial charge in [0.05, 0.1) is 0 Å². The maximum absolute atomic E-state index is 12.5. The van der Waals surface area contributed by atoms with Gasteiger partial charge in [0.15, 0.2) is 5.78 Å².